The standard InChI is InChI=1S/C21H24BN5O4/c1-11-7-14(8-15-12(2)13(3)22(29)31-19(11)15)25-21-16(20(23)28)9-27(26-21)18-10-30-6-5-17(18)24-4/h7-9,17-18,29H,5-6,10H2,1-3H3,(H2,23,28)(H,25,26). The molecule has 0 aliphatic carbocycles. The van der Waals surface area contributed by atoms with Crippen molar-refractivity contribution in [3.8, 4) is 5.75 Å². The number of carbonyl (C=O) groups excluding carboxylic acids is 1. The van der Waals surface area contributed by atoms with Crippen LogP contribution in [0.2, 0.25) is 0 Å². The van der Waals surface area contributed by atoms with E-state index in [4.69, 9.17) is 21.7 Å². The molecule has 3 heterocycles. The van der Waals surface area contributed by atoms with Crippen LogP contribution in [0.1, 0.15) is 47.8 Å². The largest absolute Gasteiger partial charge is 0.555 e. The van der Waals surface area contributed by atoms with Crippen molar-refractivity contribution < 1.29 is 19.2 Å². The first-order valence-electron chi connectivity index (χ1n) is 10.1. The molecule has 2 aromatic rings. The van der Waals surface area contributed by atoms with Gasteiger partial charge in [-0.05, 0) is 49.5 Å². The Hall–Kier alpha value is -3.29. The van der Waals surface area contributed by atoms with Gasteiger partial charge in [-0.25, -0.2) is 6.57 Å². The number of amides is 1. The topological polar surface area (TPSA) is 116 Å². The summed E-state index contributed by atoms with van der Waals surface area (Å²) < 4.78 is 12.8. The van der Waals surface area contributed by atoms with E-state index in [2.05, 4.69) is 15.3 Å². The third kappa shape index (κ3) is 3.78. The summed E-state index contributed by atoms with van der Waals surface area (Å²) in [6.45, 7) is 14.0. The van der Waals surface area contributed by atoms with E-state index < -0.39 is 13.0 Å². The minimum atomic E-state index is -0.963. The Morgan fingerprint density at radius 2 is 2.19 bits per heavy atom. The van der Waals surface area contributed by atoms with Crippen molar-refractivity contribution >= 4 is 30.1 Å². The SMILES string of the molecule is [C-]#[N+]C1CCOCC1n1cc(C(N)=O)c(Nc2cc(C)c3c(c2)C(C)=C(C)B(O)O3)n1. The molecular formula is C21H24BN5O4. The van der Waals surface area contributed by atoms with Crippen LogP contribution in [0.3, 0.4) is 0 Å². The molecule has 1 aromatic carbocycles. The van der Waals surface area contributed by atoms with Crippen molar-refractivity contribution in [2.24, 2.45) is 5.73 Å². The van der Waals surface area contributed by atoms with E-state index in [9.17, 15) is 9.82 Å². The molecule has 9 nitrogen and oxygen atoms in total. The lowest BCUT2D eigenvalue weighted by atomic mass is 9.73. The van der Waals surface area contributed by atoms with Gasteiger partial charge < -0.3 is 30.3 Å². The Morgan fingerprint density at radius 1 is 1.42 bits per heavy atom. The maximum atomic E-state index is 12.1. The van der Waals surface area contributed by atoms with E-state index in [1.165, 1.54) is 0 Å². The predicted octanol–water partition coefficient (Wildman–Crippen LogP) is 2.49. The Labute approximate surface area is 180 Å². The van der Waals surface area contributed by atoms with E-state index in [0.717, 1.165) is 22.2 Å². The highest BCUT2D eigenvalue weighted by Crippen LogP contribution is 2.39. The number of hydrogen-bond donors (Lipinski definition) is 3. The summed E-state index contributed by atoms with van der Waals surface area (Å²) >= 11 is 0. The van der Waals surface area contributed by atoms with Gasteiger partial charge in [0.25, 0.3) is 5.91 Å². The Kier molecular flexibility index (Phi) is 5.47. The monoisotopic (exact) mass is 421 g/mol. The van der Waals surface area contributed by atoms with Crippen LogP contribution in [0.5, 0.6) is 5.75 Å². The fourth-order valence-corrected chi connectivity index (χ4v) is 3.96. The van der Waals surface area contributed by atoms with Crippen LogP contribution in [0, 0.1) is 13.5 Å². The second-order valence-corrected chi connectivity index (χ2v) is 7.94. The molecule has 0 radical (unpaired) electrons. The lowest BCUT2D eigenvalue weighted by Gasteiger charge is -2.25. The second-order valence-electron chi connectivity index (χ2n) is 7.94. The first-order valence-corrected chi connectivity index (χ1v) is 10.1. The fourth-order valence-electron chi connectivity index (χ4n) is 3.96. The number of ether oxygens (including phenoxy) is 1. The van der Waals surface area contributed by atoms with Crippen LogP contribution < -0.4 is 15.7 Å². The highest BCUT2D eigenvalue weighted by Gasteiger charge is 2.34. The summed E-state index contributed by atoms with van der Waals surface area (Å²) in [5.41, 5.74) is 9.91. The zero-order valence-electron chi connectivity index (χ0n) is 17.7. The van der Waals surface area contributed by atoms with Crippen LogP contribution in [-0.2, 0) is 4.74 Å². The maximum Gasteiger partial charge on any atom is 0.555 e. The van der Waals surface area contributed by atoms with Crippen LogP contribution in [0.25, 0.3) is 10.4 Å². The van der Waals surface area contributed by atoms with Crippen molar-refractivity contribution in [1.82, 2.24) is 9.78 Å². The van der Waals surface area contributed by atoms with Gasteiger partial charge in [0.2, 0.25) is 6.04 Å². The number of rotatable bonds is 4. The van der Waals surface area contributed by atoms with E-state index in [1.54, 1.807) is 10.9 Å². The number of allylic oxidation sites excluding steroid dienone is 2. The molecular weight excluding hydrogens is 397 g/mol. The van der Waals surface area contributed by atoms with Crippen LogP contribution in [-0.4, -0.2) is 47.1 Å². The Bertz CT molecular complexity index is 1120. The molecule has 0 bridgehead atoms. The van der Waals surface area contributed by atoms with Gasteiger partial charge in [-0.2, -0.15) is 5.10 Å². The van der Waals surface area contributed by atoms with Gasteiger partial charge in [0.05, 0.1) is 13.2 Å². The van der Waals surface area contributed by atoms with Gasteiger partial charge in [-0.15, -0.1) is 0 Å². The number of carbonyl (C=O) groups is 1. The number of fused-ring (bicyclic) bond motifs is 1. The van der Waals surface area contributed by atoms with Crippen molar-refractivity contribution in [3.63, 3.8) is 0 Å². The summed E-state index contributed by atoms with van der Waals surface area (Å²) in [5.74, 6) is 0.329. The van der Waals surface area contributed by atoms with Crippen molar-refractivity contribution in [3.05, 3.63) is 51.9 Å². The molecule has 1 aromatic heterocycles. The normalized spacial score (nSPS) is 20.7. The highest BCUT2D eigenvalue weighted by molar-refractivity contribution is 6.55. The number of anilines is 2. The smallest absolute Gasteiger partial charge is 0.532 e. The number of hydrogen-bond acceptors (Lipinski definition) is 6. The third-order valence-electron chi connectivity index (χ3n) is 5.93. The first kappa shape index (κ1) is 21.0. The summed E-state index contributed by atoms with van der Waals surface area (Å²) in [4.78, 5) is 15.8. The van der Waals surface area contributed by atoms with Crippen molar-refractivity contribution in [1.29, 1.82) is 0 Å². The second kappa shape index (κ2) is 8.09. The molecule has 0 saturated carbocycles. The first-order chi connectivity index (χ1) is 14.8. The minimum absolute atomic E-state index is 0.236. The lowest BCUT2D eigenvalue weighted by Crippen LogP contribution is -2.32. The molecule has 2 atom stereocenters. The van der Waals surface area contributed by atoms with E-state index in [1.807, 2.05) is 32.9 Å². The molecule has 160 valence electrons. The molecule has 4 rings (SSSR count). The Morgan fingerprint density at radius 3 is 2.90 bits per heavy atom. The summed E-state index contributed by atoms with van der Waals surface area (Å²) in [7, 11) is -0.963. The molecule has 1 amide bonds. The van der Waals surface area contributed by atoms with Gasteiger partial charge >= 0.3 is 7.12 Å². The number of aromatic nitrogens is 2. The molecule has 10 heteroatoms. The number of nitrogens with one attached hydrogen (secondary N) is 1. The average molecular weight is 421 g/mol. The van der Waals surface area contributed by atoms with Crippen LogP contribution in [0.4, 0.5) is 11.5 Å². The number of nitrogens with two attached hydrogens (primary N) is 1. The molecule has 2 aliphatic heterocycles. The van der Waals surface area contributed by atoms with E-state index >= 15 is 0 Å². The van der Waals surface area contributed by atoms with Gasteiger partial charge in [-0.1, -0.05) is 0 Å². The maximum absolute atomic E-state index is 12.1. The van der Waals surface area contributed by atoms with Crippen LogP contribution in [0.15, 0.2) is 23.8 Å². The molecule has 2 aliphatic rings. The minimum Gasteiger partial charge on any atom is -0.532 e. The number of nitrogens with zero attached hydrogens (tertiary/aromatic N) is 3. The van der Waals surface area contributed by atoms with Crippen molar-refractivity contribution in [2.75, 3.05) is 18.5 Å². The number of benzene rings is 1. The molecule has 2 unspecified atom stereocenters. The highest BCUT2D eigenvalue weighted by atomic mass is 16.5. The van der Waals surface area contributed by atoms with Gasteiger partial charge in [0.15, 0.2) is 5.82 Å². The van der Waals surface area contributed by atoms with Crippen LogP contribution >= 0.6 is 0 Å². The summed E-state index contributed by atoms with van der Waals surface area (Å²) in [6.07, 6.45) is 2.19. The molecule has 0 spiro atoms. The van der Waals surface area contributed by atoms with Gasteiger partial charge in [0.1, 0.15) is 17.4 Å². The Balaban J connectivity index is 1.71. The molecule has 4 N–H and O–H groups in total. The average Bonchev–Trinajstić information content (AvgIpc) is 3.17. The zero-order chi connectivity index (χ0) is 22.3. The third-order valence-corrected chi connectivity index (χ3v) is 5.93. The number of primary amides is 1. The number of aryl methyl sites for hydroxylation is 1. The van der Waals surface area contributed by atoms with E-state index in [-0.39, 0.29) is 17.6 Å². The van der Waals surface area contributed by atoms with Gasteiger partial charge in [-0.3, -0.25) is 9.48 Å². The fraction of sp³-hybridized carbons (Fsp3) is 0.381. The summed E-state index contributed by atoms with van der Waals surface area (Å²) in [5, 5.41) is 17.8. The molecule has 1 saturated heterocycles. The predicted molar refractivity (Wildman–Crippen MR) is 117 cm³/mol. The summed E-state index contributed by atoms with van der Waals surface area (Å²) in [6, 6.07) is 3.19. The zero-order valence-corrected chi connectivity index (χ0v) is 17.7. The lowest BCUT2D eigenvalue weighted by molar-refractivity contribution is 0.0506. The van der Waals surface area contributed by atoms with Gasteiger partial charge in [0, 0.05) is 23.9 Å². The van der Waals surface area contributed by atoms with E-state index in [0.29, 0.717) is 36.9 Å². The molecule has 31 heavy (non-hydrogen) atoms. The molecule has 1 fully saturated rings. The van der Waals surface area contributed by atoms with Crippen molar-refractivity contribution in [2.45, 2.75) is 39.3 Å². The quantitative estimate of drug-likeness (QED) is 0.516.